The highest BCUT2D eigenvalue weighted by atomic mass is 16.5. The number of hydrogen-bond donors (Lipinski definition) is 2. The minimum Gasteiger partial charge on any atom is -0.454 e. The quantitative estimate of drug-likeness (QED) is 0.687. The molecule has 3 rings (SSSR count). The van der Waals surface area contributed by atoms with Crippen molar-refractivity contribution in [2.45, 2.75) is 45.2 Å². The summed E-state index contributed by atoms with van der Waals surface area (Å²) in [6, 6.07) is 6.45. The van der Waals surface area contributed by atoms with Crippen LogP contribution in [0.15, 0.2) is 29.1 Å². The van der Waals surface area contributed by atoms with Crippen LogP contribution < -0.4 is 16.6 Å². The second kappa shape index (κ2) is 8.85. The van der Waals surface area contributed by atoms with E-state index in [9.17, 15) is 19.2 Å². The number of hydrogen-bond acceptors (Lipinski definition) is 6. The van der Waals surface area contributed by atoms with Crippen LogP contribution in [-0.2, 0) is 20.9 Å². The number of primary amides is 1. The van der Waals surface area contributed by atoms with Crippen LogP contribution in [0, 0.1) is 5.92 Å². The molecule has 154 valence electrons. The van der Waals surface area contributed by atoms with Crippen LogP contribution in [0.1, 0.15) is 43.1 Å². The standard InChI is InChI=1S/C20H24N4O5/c1-12-6-2-5-9-15(12)22-16(25)11-29-17(26)10-24-20(28)14-8-4-3-7-13(14)18(23-24)19(21)27/h3-4,7-8,12,15H,2,5-6,9-11H2,1H3,(H2,21,27)(H,22,25)/t12-,15-/m1/s1. The van der Waals surface area contributed by atoms with Crippen molar-refractivity contribution in [2.24, 2.45) is 11.7 Å². The Morgan fingerprint density at radius 1 is 1.21 bits per heavy atom. The first-order valence-corrected chi connectivity index (χ1v) is 9.61. The summed E-state index contributed by atoms with van der Waals surface area (Å²) in [4.78, 5) is 48.4. The van der Waals surface area contributed by atoms with Crippen LogP contribution in [0.25, 0.3) is 10.8 Å². The molecule has 0 unspecified atom stereocenters. The normalized spacial score (nSPS) is 18.9. The van der Waals surface area contributed by atoms with Crippen molar-refractivity contribution in [1.29, 1.82) is 0 Å². The van der Waals surface area contributed by atoms with Gasteiger partial charge in [0.1, 0.15) is 6.54 Å². The average Bonchev–Trinajstić information content (AvgIpc) is 2.70. The molecule has 1 saturated carbocycles. The van der Waals surface area contributed by atoms with E-state index in [2.05, 4.69) is 17.3 Å². The van der Waals surface area contributed by atoms with Gasteiger partial charge in [-0.1, -0.05) is 38.0 Å². The molecule has 1 heterocycles. The van der Waals surface area contributed by atoms with E-state index in [0.29, 0.717) is 11.3 Å². The second-order valence-electron chi connectivity index (χ2n) is 7.32. The number of benzene rings is 1. The first-order valence-electron chi connectivity index (χ1n) is 9.61. The SMILES string of the molecule is C[C@@H]1CCCC[C@H]1NC(=O)COC(=O)Cn1nc(C(N)=O)c2ccccc2c1=O. The van der Waals surface area contributed by atoms with Gasteiger partial charge in [0.05, 0.1) is 5.39 Å². The van der Waals surface area contributed by atoms with E-state index in [4.69, 9.17) is 10.5 Å². The number of ether oxygens (including phenoxy) is 1. The minimum atomic E-state index is -0.815. The first kappa shape index (κ1) is 20.5. The smallest absolute Gasteiger partial charge is 0.328 e. The lowest BCUT2D eigenvalue weighted by molar-refractivity contribution is -0.149. The molecular weight excluding hydrogens is 376 g/mol. The zero-order chi connectivity index (χ0) is 21.0. The molecule has 0 saturated heterocycles. The third kappa shape index (κ3) is 4.79. The molecule has 1 aromatic heterocycles. The molecule has 1 fully saturated rings. The number of fused-ring (bicyclic) bond motifs is 1. The van der Waals surface area contributed by atoms with Crippen molar-refractivity contribution in [3.63, 3.8) is 0 Å². The summed E-state index contributed by atoms with van der Waals surface area (Å²) in [5.41, 5.74) is 4.68. The maximum Gasteiger partial charge on any atom is 0.328 e. The molecule has 1 aliphatic carbocycles. The van der Waals surface area contributed by atoms with Crippen LogP contribution in [-0.4, -0.2) is 40.2 Å². The lowest BCUT2D eigenvalue weighted by Crippen LogP contribution is -2.43. The van der Waals surface area contributed by atoms with Crippen LogP contribution in [0.4, 0.5) is 0 Å². The maximum atomic E-state index is 12.5. The molecule has 9 heteroatoms. The largest absolute Gasteiger partial charge is 0.454 e. The number of nitrogens with zero attached hydrogens (tertiary/aromatic N) is 2. The fourth-order valence-corrected chi connectivity index (χ4v) is 3.62. The van der Waals surface area contributed by atoms with E-state index < -0.39 is 30.6 Å². The van der Waals surface area contributed by atoms with Crippen molar-refractivity contribution in [3.8, 4) is 0 Å². The fraction of sp³-hybridized carbons (Fsp3) is 0.450. The highest BCUT2D eigenvalue weighted by molar-refractivity contribution is 6.04. The number of nitrogens with two attached hydrogens (primary N) is 1. The Bertz CT molecular complexity index is 1000. The van der Waals surface area contributed by atoms with Crippen molar-refractivity contribution >= 4 is 28.6 Å². The van der Waals surface area contributed by atoms with Gasteiger partial charge in [-0.05, 0) is 24.8 Å². The molecule has 1 aromatic carbocycles. The van der Waals surface area contributed by atoms with Crippen molar-refractivity contribution in [3.05, 3.63) is 40.3 Å². The molecule has 0 aliphatic heterocycles. The summed E-state index contributed by atoms with van der Waals surface area (Å²) < 4.78 is 5.81. The van der Waals surface area contributed by atoms with Gasteiger partial charge in [0.15, 0.2) is 12.3 Å². The summed E-state index contributed by atoms with van der Waals surface area (Å²) in [5.74, 6) is -1.62. The number of amides is 2. The summed E-state index contributed by atoms with van der Waals surface area (Å²) in [7, 11) is 0. The highest BCUT2D eigenvalue weighted by Gasteiger charge is 2.23. The summed E-state index contributed by atoms with van der Waals surface area (Å²) in [5, 5.41) is 7.32. The number of carbonyl (C=O) groups excluding carboxylic acids is 3. The fourth-order valence-electron chi connectivity index (χ4n) is 3.62. The van der Waals surface area contributed by atoms with Gasteiger partial charge in [0, 0.05) is 11.4 Å². The van der Waals surface area contributed by atoms with Crippen molar-refractivity contribution in [1.82, 2.24) is 15.1 Å². The first-order chi connectivity index (χ1) is 13.9. The third-order valence-electron chi connectivity index (χ3n) is 5.20. The number of rotatable bonds is 6. The molecule has 2 atom stereocenters. The molecule has 29 heavy (non-hydrogen) atoms. The zero-order valence-electron chi connectivity index (χ0n) is 16.2. The van der Waals surface area contributed by atoms with E-state index in [1.807, 2.05) is 0 Å². The van der Waals surface area contributed by atoms with Crippen LogP contribution in [0.3, 0.4) is 0 Å². The highest BCUT2D eigenvalue weighted by Crippen LogP contribution is 2.23. The number of carbonyl (C=O) groups is 3. The van der Waals surface area contributed by atoms with E-state index in [0.717, 1.165) is 30.4 Å². The van der Waals surface area contributed by atoms with Gasteiger partial charge in [-0.25, -0.2) is 4.68 Å². The number of esters is 1. The monoisotopic (exact) mass is 400 g/mol. The topological polar surface area (TPSA) is 133 Å². The van der Waals surface area contributed by atoms with Gasteiger partial charge < -0.3 is 15.8 Å². The average molecular weight is 400 g/mol. The van der Waals surface area contributed by atoms with E-state index in [-0.39, 0.29) is 23.0 Å². The molecular formula is C20H24N4O5. The molecule has 3 N–H and O–H groups in total. The van der Waals surface area contributed by atoms with Gasteiger partial charge in [-0.2, -0.15) is 5.10 Å². The van der Waals surface area contributed by atoms with E-state index in [1.54, 1.807) is 18.2 Å². The Kier molecular flexibility index (Phi) is 6.26. The Hall–Kier alpha value is -3.23. The predicted molar refractivity (Wildman–Crippen MR) is 105 cm³/mol. The maximum absolute atomic E-state index is 12.5. The second-order valence-corrected chi connectivity index (χ2v) is 7.32. The molecule has 1 aliphatic rings. The van der Waals surface area contributed by atoms with E-state index in [1.165, 1.54) is 6.07 Å². The van der Waals surface area contributed by atoms with Gasteiger partial charge in [-0.15, -0.1) is 0 Å². The molecule has 0 spiro atoms. The predicted octanol–water partition coefficient (Wildman–Crippen LogP) is 0.734. The lowest BCUT2D eigenvalue weighted by Gasteiger charge is -2.29. The summed E-state index contributed by atoms with van der Waals surface area (Å²) in [6.07, 6.45) is 4.19. The number of aromatic nitrogens is 2. The molecule has 9 nitrogen and oxygen atoms in total. The zero-order valence-corrected chi connectivity index (χ0v) is 16.2. The molecule has 0 bridgehead atoms. The summed E-state index contributed by atoms with van der Waals surface area (Å²) >= 11 is 0. The third-order valence-corrected chi connectivity index (χ3v) is 5.20. The Morgan fingerprint density at radius 3 is 2.59 bits per heavy atom. The Labute approximate surface area is 167 Å². The van der Waals surface area contributed by atoms with Gasteiger partial charge in [0.2, 0.25) is 0 Å². The molecule has 2 aromatic rings. The lowest BCUT2D eigenvalue weighted by atomic mass is 9.86. The van der Waals surface area contributed by atoms with Crippen LogP contribution in [0.5, 0.6) is 0 Å². The van der Waals surface area contributed by atoms with E-state index >= 15 is 0 Å². The molecule has 2 amide bonds. The van der Waals surface area contributed by atoms with Crippen molar-refractivity contribution in [2.75, 3.05) is 6.61 Å². The Morgan fingerprint density at radius 2 is 1.90 bits per heavy atom. The minimum absolute atomic E-state index is 0.0813. The number of nitrogens with one attached hydrogen (secondary N) is 1. The van der Waals surface area contributed by atoms with Gasteiger partial charge >= 0.3 is 5.97 Å². The van der Waals surface area contributed by atoms with Crippen LogP contribution in [0.2, 0.25) is 0 Å². The summed E-state index contributed by atoms with van der Waals surface area (Å²) in [6.45, 7) is 1.12. The Balaban J connectivity index is 1.65. The molecule has 0 radical (unpaired) electrons. The van der Waals surface area contributed by atoms with Crippen molar-refractivity contribution < 1.29 is 19.1 Å². The van der Waals surface area contributed by atoms with Gasteiger partial charge in [0.25, 0.3) is 17.4 Å². The van der Waals surface area contributed by atoms with Crippen LogP contribution >= 0.6 is 0 Å². The van der Waals surface area contributed by atoms with Gasteiger partial charge in [-0.3, -0.25) is 19.2 Å².